The average molecular weight is 504 g/mol. The van der Waals surface area contributed by atoms with E-state index in [0.717, 1.165) is 5.56 Å². The first-order chi connectivity index (χ1) is 17.3. The summed E-state index contributed by atoms with van der Waals surface area (Å²) >= 11 is 6.18. The van der Waals surface area contributed by atoms with Gasteiger partial charge in [0.1, 0.15) is 5.75 Å². The SMILES string of the molecule is COc1cccc(C2C(C(=O)c3cc4cc(Cl)cc(OC)c4o3)=C(O)C(=O)N2c2ccccc2C)c1. The Hall–Kier alpha value is -4.23. The Morgan fingerprint density at radius 1 is 1.03 bits per heavy atom. The van der Waals surface area contributed by atoms with Gasteiger partial charge in [0.25, 0.3) is 5.91 Å². The molecule has 8 heteroatoms. The van der Waals surface area contributed by atoms with Crippen LogP contribution in [0.2, 0.25) is 5.02 Å². The maximum absolute atomic E-state index is 13.9. The Balaban J connectivity index is 1.69. The highest BCUT2D eigenvalue weighted by atomic mass is 35.5. The minimum Gasteiger partial charge on any atom is -0.503 e. The van der Waals surface area contributed by atoms with Crippen molar-refractivity contribution in [1.29, 1.82) is 0 Å². The Morgan fingerprint density at radius 2 is 1.81 bits per heavy atom. The van der Waals surface area contributed by atoms with Gasteiger partial charge in [-0.15, -0.1) is 0 Å². The number of carbonyl (C=O) groups is 2. The number of furan rings is 1. The van der Waals surface area contributed by atoms with Crippen LogP contribution in [0.25, 0.3) is 11.0 Å². The van der Waals surface area contributed by atoms with Gasteiger partial charge >= 0.3 is 0 Å². The van der Waals surface area contributed by atoms with Gasteiger partial charge in [0, 0.05) is 22.2 Å². The summed E-state index contributed by atoms with van der Waals surface area (Å²) in [5.41, 5.74) is 2.21. The number of carbonyl (C=O) groups excluding carboxylic acids is 2. The molecular weight excluding hydrogens is 482 g/mol. The van der Waals surface area contributed by atoms with Crippen molar-refractivity contribution in [2.45, 2.75) is 13.0 Å². The lowest BCUT2D eigenvalue weighted by atomic mass is 9.94. The predicted octanol–water partition coefficient (Wildman–Crippen LogP) is 6.19. The van der Waals surface area contributed by atoms with Crippen molar-refractivity contribution in [2.75, 3.05) is 19.1 Å². The molecule has 2 heterocycles. The number of ether oxygens (including phenoxy) is 2. The highest BCUT2D eigenvalue weighted by molar-refractivity contribution is 6.31. The van der Waals surface area contributed by atoms with Crippen LogP contribution in [-0.4, -0.2) is 31.0 Å². The van der Waals surface area contributed by atoms with Crippen molar-refractivity contribution in [2.24, 2.45) is 0 Å². The molecule has 1 aliphatic heterocycles. The smallest absolute Gasteiger partial charge is 0.294 e. The summed E-state index contributed by atoms with van der Waals surface area (Å²) in [5.74, 6) is -1.09. The van der Waals surface area contributed by atoms with E-state index in [2.05, 4.69) is 0 Å². The van der Waals surface area contributed by atoms with Crippen LogP contribution in [0.3, 0.4) is 0 Å². The average Bonchev–Trinajstić information content (AvgIpc) is 3.42. The van der Waals surface area contributed by atoms with E-state index < -0.39 is 23.5 Å². The number of hydrogen-bond donors (Lipinski definition) is 1. The number of halogens is 1. The highest BCUT2D eigenvalue weighted by Crippen LogP contribution is 2.44. The van der Waals surface area contributed by atoms with Crippen LogP contribution < -0.4 is 14.4 Å². The molecule has 36 heavy (non-hydrogen) atoms. The molecule has 0 fully saturated rings. The zero-order chi connectivity index (χ0) is 25.6. The van der Waals surface area contributed by atoms with E-state index in [-0.39, 0.29) is 11.3 Å². The first kappa shape index (κ1) is 23.5. The van der Waals surface area contributed by atoms with Gasteiger partial charge in [-0.2, -0.15) is 0 Å². The number of aliphatic hydroxyl groups is 1. The van der Waals surface area contributed by atoms with E-state index in [1.54, 1.807) is 48.5 Å². The number of benzene rings is 3. The zero-order valence-corrected chi connectivity index (χ0v) is 20.5. The van der Waals surface area contributed by atoms with E-state index in [4.69, 9.17) is 25.5 Å². The maximum Gasteiger partial charge on any atom is 0.294 e. The fraction of sp³-hybridized carbons (Fsp3) is 0.143. The molecule has 1 unspecified atom stereocenters. The lowest BCUT2D eigenvalue weighted by Gasteiger charge is -2.28. The van der Waals surface area contributed by atoms with Gasteiger partial charge in [-0.1, -0.05) is 41.9 Å². The van der Waals surface area contributed by atoms with Gasteiger partial charge in [0.05, 0.1) is 25.8 Å². The first-order valence-corrected chi connectivity index (χ1v) is 11.5. The molecule has 1 aliphatic rings. The topological polar surface area (TPSA) is 89.2 Å². The number of amides is 1. The van der Waals surface area contributed by atoms with Gasteiger partial charge in [0.15, 0.2) is 22.9 Å². The molecule has 0 spiro atoms. The normalized spacial score (nSPS) is 15.6. The van der Waals surface area contributed by atoms with Crippen molar-refractivity contribution < 1.29 is 28.6 Å². The van der Waals surface area contributed by atoms with E-state index in [1.807, 2.05) is 19.1 Å². The second-order valence-corrected chi connectivity index (χ2v) is 8.81. The van der Waals surface area contributed by atoms with Crippen molar-refractivity contribution >= 4 is 39.9 Å². The van der Waals surface area contributed by atoms with Crippen molar-refractivity contribution in [3.05, 3.63) is 100.0 Å². The van der Waals surface area contributed by atoms with Crippen LogP contribution in [-0.2, 0) is 4.79 Å². The molecule has 5 rings (SSSR count). The molecule has 1 aromatic heterocycles. The Kier molecular flexibility index (Phi) is 5.94. The van der Waals surface area contributed by atoms with Gasteiger partial charge in [0.2, 0.25) is 5.78 Å². The van der Waals surface area contributed by atoms with E-state index in [9.17, 15) is 14.7 Å². The Bertz CT molecular complexity index is 1550. The molecule has 3 aromatic carbocycles. The van der Waals surface area contributed by atoms with E-state index >= 15 is 0 Å². The van der Waals surface area contributed by atoms with Crippen molar-refractivity contribution in [3.8, 4) is 11.5 Å². The lowest BCUT2D eigenvalue weighted by Crippen LogP contribution is -2.31. The van der Waals surface area contributed by atoms with Crippen LogP contribution in [0, 0.1) is 6.92 Å². The fourth-order valence-electron chi connectivity index (χ4n) is 4.53. The minimum atomic E-state index is -0.917. The third-order valence-corrected chi connectivity index (χ3v) is 6.45. The minimum absolute atomic E-state index is 0.0561. The lowest BCUT2D eigenvalue weighted by molar-refractivity contribution is -0.117. The number of hydrogen-bond acceptors (Lipinski definition) is 6. The number of para-hydroxylation sites is 1. The molecule has 1 amide bonds. The third-order valence-electron chi connectivity index (χ3n) is 6.23. The van der Waals surface area contributed by atoms with Crippen LogP contribution >= 0.6 is 11.6 Å². The van der Waals surface area contributed by atoms with Crippen molar-refractivity contribution in [3.63, 3.8) is 0 Å². The number of nitrogens with zero attached hydrogens (tertiary/aromatic N) is 1. The second-order valence-electron chi connectivity index (χ2n) is 8.37. The molecule has 4 aromatic rings. The van der Waals surface area contributed by atoms with E-state index in [0.29, 0.717) is 38.7 Å². The fourth-order valence-corrected chi connectivity index (χ4v) is 4.75. The quantitative estimate of drug-likeness (QED) is 0.315. The number of methoxy groups -OCH3 is 2. The molecule has 0 saturated heterocycles. The molecular formula is C28H22ClNO6. The third kappa shape index (κ3) is 3.78. The number of fused-ring (bicyclic) bond motifs is 1. The van der Waals surface area contributed by atoms with Crippen LogP contribution in [0.15, 0.2) is 82.5 Å². The Morgan fingerprint density at radius 3 is 2.53 bits per heavy atom. The molecule has 0 radical (unpaired) electrons. The molecule has 0 bridgehead atoms. The van der Waals surface area contributed by atoms with Crippen LogP contribution in [0.5, 0.6) is 11.5 Å². The number of rotatable bonds is 6. The van der Waals surface area contributed by atoms with Crippen LogP contribution in [0.1, 0.15) is 27.7 Å². The van der Waals surface area contributed by atoms with Crippen molar-refractivity contribution in [1.82, 2.24) is 0 Å². The van der Waals surface area contributed by atoms with Gasteiger partial charge < -0.3 is 19.0 Å². The molecule has 0 aliphatic carbocycles. The summed E-state index contributed by atoms with van der Waals surface area (Å²) in [6.45, 7) is 1.86. The number of Topliss-reactive ketones (excluding diaryl/α,β-unsaturated/α-hetero) is 1. The summed E-state index contributed by atoms with van der Waals surface area (Å²) in [5, 5.41) is 12.0. The summed E-state index contributed by atoms with van der Waals surface area (Å²) in [4.78, 5) is 28.7. The van der Waals surface area contributed by atoms with Gasteiger partial charge in [-0.05, 0) is 48.4 Å². The molecule has 1 N–H and O–H groups in total. The maximum atomic E-state index is 13.9. The zero-order valence-electron chi connectivity index (χ0n) is 19.7. The summed E-state index contributed by atoms with van der Waals surface area (Å²) in [7, 11) is 3.00. The molecule has 182 valence electrons. The largest absolute Gasteiger partial charge is 0.503 e. The second kappa shape index (κ2) is 9.09. The first-order valence-electron chi connectivity index (χ1n) is 11.1. The van der Waals surface area contributed by atoms with E-state index in [1.165, 1.54) is 25.2 Å². The number of aliphatic hydroxyl groups excluding tert-OH is 1. The van der Waals surface area contributed by atoms with Gasteiger partial charge in [-0.3, -0.25) is 14.5 Å². The standard InChI is InChI=1S/C28H22ClNO6/c1-15-7-4-5-10-20(15)30-24(16-8-6-9-19(12-16)34-2)23(26(32)28(30)33)25(31)21-13-17-11-18(29)14-22(35-3)27(17)36-21/h4-14,24,32H,1-3H3. The molecule has 1 atom stereocenters. The highest BCUT2D eigenvalue weighted by Gasteiger charge is 2.46. The monoisotopic (exact) mass is 503 g/mol. The molecule has 0 saturated carbocycles. The molecule has 7 nitrogen and oxygen atoms in total. The Labute approximate surface area is 212 Å². The summed E-state index contributed by atoms with van der Waals surface area (Å²) in [6, 6.07) is 18.1. The summed E-state index contributed by atoms with van der Waals surface area (Å²) < 4.78 is 16.6. The van der Waals surface area contributed by atoms with Crippen LogP contribution in [0.4, 0.5) is 5.69 Å². The number of anilines is 1. The predicted molar refractivity (Wildman–Crippen MR) is 136 cm³/mol. The number of ketones is 1. The number of aryl methyl sites for hydroxylation is 1. The summed E-state index contributed by atoms with van der Waals surface area (Å²) in [6.07, 6.45) is 0. The van der Waals surface area contributed by atoms with Gasteiger partial charge in [-0.25, -0.2) is 0 Å².